The van der Waals surface area contributed by atoms with Crippen LogP contribution in [0.4, 0.5) is 10.6 Å². The first kappa shape index (κ1) is 19.5. The highest BCUT2D eigenvalue weighted by molar-refractivity contribution is 6.31. The zero-order chi connectivity index (χ0) is 20.9. The van der Waals surface area contributed by atoms with Crippen molar-refractivity contribution in [3.05, 3.63) is 99.8 Å². The molecule has 0 aliphatic carbocycles. The van der Waals surface area contributed by atoms with Crippen LogP contribution in [0.2, 0.25) is 5.02 Å². The summed E-state index contributed by atoms with van der Waals surface area (Å²) in [4.78, 5) is 33.4. The van der Waals surface area contributed by atoms with Crippen LogP contribution in [0.5, 0.6) is 0 Å². The Balaban J connectivity index is 1.73. The molecule has 1 heterocycles. The number of nitrogens with zero attached hydrogens (tertiary/aromatic N) is 2. The van der Waals surface area contributed by atoms with Crippen molar-refractivity contribution in [3.63, 3.8) is 0 Å². The van der Waals surface area contributed by atoms with Crippen molar-refractivity contribution in [1.82, 2.24) is 9.97 Å². The normalized spacial score (nSPS) is 10.6. The Kier molecular flexibility index (Phi) is 5.68. The third kappa shape index (κ3) is 4.45. The third-order valence-corrected chi connectivity index (χ3v) is 4.58. The van der Waals surface area contributed by atoms with Gasteiger partial charge in [0.05, 0.1) is 11.2 Å². The van der Waals surface area contributed by atoms with Gasteiger partial charge in [-0.05, 0) is 23.8 Å². The van der Waals surface area contributed by atoms with E-state index in [2.05, 4.69) is 15.3 Å². The van der Waals surface area contributed by atoms with E-state index in [0.717, 1.165) is 11.1 Å². The largest absolute Gasteiger partial charge is 0.444 e. The Bertz CT molecular complexity index is 1270. The molecule has 0 radical (unpaired) electrons. The minimum atomic E-state index is -0.794. The molecule has 4 rings (SSSR count). The van der Waals surface area contributed by atoms with Crippen LogP contribution in [0.25, 0.3) is 22.2 Å². The summed E-state index contributed by atoms with van der Waals surface area (Å²) >= 11 is 6.16. The molecule has 0 saturated heterocycles. The number of nitrogens with one attached hydrogen (secondary N) is 1. The highest BCUT2D eigenvalue weighted by Crippen LogP contribution is 2.27. The summed E-state index contributed by atoms with van der Waals surface area (Å²) in [7, 11) is 0. The SMILES string of the molecule is O=C(Nc1nc(-c2ccccc2)c2cc(Cl)ccc2nc1=O)OCc1ccccc1. The minimum absolute atomic E-state index is 0.0659. The quantitative estimate of drug-likeness (QED) is 0.502. The van der Waals surface area contributed by atoms with Gasteiger partial charge in [0.25, 0.3) is 0 Å². The number of halogens is 1. The highest BCUT2D eigenvalue weighted by Gasteiger charge is 2.14. The first-order valence-corrected chi connectivity index (χ1v) is 9.53. The number of rotatable bonds is 4. The topological polar surface area (TPSA) is 81.2 Å². The second kappa shape index (κ2) is 8.71. The second-order valence-corrected chi connectivity index (χ2v) is 6.88. The van der Waals surface area contributed by atoms with Crippen LogP contribution in [0, 0.1) is 0 Å². The van der Waals surface area contributed by atoms with E-state index < -0.39 is 11.7 Å². The molecule has 4 aromatic rings. The van der Waals surface area contributed by atoms with Crippen LogP contribution in [0.15, 0.2) is 83.7 Å². The van der Waals surface area contributed by atoms with Gasteiger partial charge < -0.3 is 4.74 Å². The molecule has 0 aliphatic rings. The summed E-state index contributed by atoms with van der Waals surface area (Å²) < 4.78 is 5.20. The molecule has 0 spiro atoms. The molecule has 0 unspecified atom stereocenters. The molecule has 6 nitrogen and oxygen atoms in total. The van der Waals surface area contributed by atoms with Crippen LogP contribution in [-0.4, -0.2) is 16.1 Å². The van der Waals surface area contributed by atoms with Crippen molar-refractivity contribution in [2.45, 2.75) is 6.61 Å². The second-order valence-electron chi connectivity index (χ2n) is 6.44. The number of ether oxygens (including phenoxy) is 1. The van der Waals surface area contributed by atoms with E-state index >= 15 is 0 Å². The molecule has 30 heavy (non-hydrogen) atoms. The summed E-state index contributed by atoms with van der Waals surface area (Å²) in [5.74, 6) is -0.223. The minimum Gasteiger partial charge on any atom is -0.444 e. The summed E-state index contributed by atoms with van der Waals surface area (Å²) in [6.07, 6.45) is -0.794. The van der Waals surface area contributed by atoms with Crippen molar-refractivity contribution in [1.29, 1.82) is 0 Å². The van der Waals surface area contributed by atoms with E-state index in [9.17, 15) is 9.59 Å². The van der Waals surface area contributed by atoms with Gasteiger partial charge in [0.15, 0.2) is 0 Å². The van der Waals surface area contributed by atoms with Crippen molar-refractivity contribution in [2.24, 2.45) is 0 Å². The summed E-state index contributed by atoms with van der Waals surface area (Å²) in [6, 6.07) is 23.5. The van der Waals surface area contributed by atoms with E-state index in [1.807, 2.05) is 60.7 Å². The van der Waals surface area contributed by atoms with Gasteiger partial charge in [0.1, 0.15) is 6.61 Å². The number of hydrogen-bond acceptors (Lipinski definition) is 5. The standard InChI is InChI=1S/C23H16ClN3O3/c24-17-11-12-19-18(13-17)20(16-9-5-2-6-10-16)26-21(22(28)25-19)27-23(29)30-14-15-7-3-1-4-8-15/h1-13H,14H2,(H,25,26,27,28,29). The smallest absolute Gasteiger partial charge is 0.413 e. The number of benzene rings is 3. The summed E-state index contributed by atoms with van der Waals surface area (Å²) in [5, 5.41) is 3.50. The maximum atomic E-state index is 12.6. The zero-order valence-electron chi connectivity index (χ0n) is 15.7. The number of carbonyl (C=O) groups excluding carboxylic acids is 1. The average molecular weight is 418 g/mol. The molecule has 1 aromatic heterocycles. The lowest BCUT2D eigenvalue weighted by atomic mass is 10.1. The lowest BCUT2D eigenvalue weighted by Crippen LogP contribution is -2.20. The molecule has 0 atom stereocenters. The highest BCUT2D eigenvalue weighted by atomic mass is 35.5. The number of aromatic nitrogens is 2. The Morgan fingerprint density at radius 3 is 2.37 bits per heavy atom. The van der Waals surface area contributed by atoms with Gasteiger partial charge in [-0.2, -0.15) is 0 Å². The molecule has 148 valence electrons. The number of carbonyl (C=O) groups is 1. The molecule has 0 bridgehead atoms. The van der Waals surface area contributed by atoms with Gasteiger partial charge in [-0.25, -0.2) is 14.8 Å². The monoisotopic (exact) mass is 417 g/mol. The number of anilines is 1. The van der Waals surface area contributed by atoms with Gasteiger partial charge in [-0.3, -0.25) is 10.1 Å². The average Bonchev–Trinajstić information content (AvgIpc) is 2.90. The predicted octanol–water partition coefficient (Wildman–Crippen LogP) is 5.06. The Hall–Kier alpha value is -3.77. The van der Waals surface area contributed by atoms with Crippen molar-refractivity contribution in [3.8, 4) is 11.3 Å². The van der Waals surface area contributed by atoms with Gasteiger partial charge in [0.2, 0.25) is 5.82 Å². The number of amides is 1. The fraction of sp³-hybridized carbons (Fsp3) is 0.0435. The van der Waals surface area contributed by atoms with Crippen molar-refractivity contribution in [2.75, 3.05) is 5.32 Å². The molecule has 0 saturated carbocycles. The molecular weight excluding hydrogens is 402 g/mol. The number of hydrogen-bond donors (Lipinski definition) is 1. The van der Waals surface area contributed by atoms with E-state index in [0.29, 0.717) is 21.6 Å². The van der Waals surface area contributed by atoms with Crippen LogP contribution >= 0.6 is 11.6 Å². The van der Waals surface area contributed by atoms with Crippen LogP contribution in [0.3, 0.4) is 0 Å². The van der Waals surface area contributed by atoms with Crippen molar-refractivity contribution < 1.29 is 9.53 Å². The zero-order valence-corrected chi connectivity index (χ0v) is 16.5. The fourth-order valence-corrected chi connectivity index (χ4v) is 3.10. The molecule has 0 aliphatic heterocycles. The first-order chi connectivity index (χ1) is 14.6. The molecule has 0 fully saturated rings. The van der Waals surface area contributed by atoms with Gasteiger partial charge in [0, 0.05) is 16.0 Å². The van der Waals surface area contributed by atoms with Gasteiger partial charge >= 0.3 is 11.7 Å². The maximum absolute atomic E-state index is 12.6. The van der Waals surface area contributed by atoms with Gasteiger partial charge in [-0.15, -0.1) is 0 Å². The molecule has 7 heteroatoms. The Morgan fingerprint density at radius 1 is 0.933 bits per heavy atom. The van der Waals surface area contributed by atoms with Crippen LogP contribution in [-0.2, 0) is 11.3 Å². The third-order valence-electron chi connectivity index (χ3n) is 4.34. The lowest BCUT2D eigenvalue weighted by Gasteiger charge is -2.06. The Morgan fingerprint density at radius 2 is 1.63 bits per heavy atom. The maximum Gasteiger partial charge on any atom is 0.413 e. The van der Waals surface area contributed by atoms with Crippen LogP contribution < -0.4 is 10.9 Å². The van der Waals surface area contributed by atoms with E-state index in [-0.39, 0.29) is 12.4 Å². The lowest BCUT2D eigenvalue weighted by molar-refractivity contribution is 0.155. The van der Waals surface area contributed by atoms with E-state index in [1.165, 1.54) is 0 Å². The molecular formula is C23H16ClN3O3. The molecule has 1 N–H and O–H groups in total. The summed E-state index contributed by atoms with van der Waals surface area (Å²) in [6.45, 7) is 0.0659. The number of fused-ring (bicyclic) bond motifs is 1. The van der Waals surface area contributed by atoms with Crippen LogP contribution in [0.1, 0.15) is 5.56 Å². The van der Waals surface area contributed by atoms with Crippen molar-refractivity contribution >= 4 is 34.4 Å². The first-order valence-electron chi connectivity index (χ1n) is 9.15. The molecule has 3 aromatic carbocycles. The summed E-state index contributed by atoms with van der Waals surface area (Å²) in [5.41, 5.74) is 1.79. The van der Waals surface area contributed by atoms with E-state index in [4.69, 9.17) is 16.3 Å². The van der Waals surface area contributed by atoms with Gasteiger partial charge in [-0.1, -0.05) is 72.3 Å². The van der Waals surface area contributed by atoms with E-state index in [1.54, 1.807) is 18.2 Å². The predicted molar refractivity (Wildman–Crippen MR) is 117 cm³/mol. The molecule has 1 amide bonds. The Labute approximate surface area is 177 Å². The fourth-order valence-electron chi connectivity index (χ4n) is 2.93.